The second-order valence-corrected chi connectivity index (χ2v) is 6.10. The van der Waals surface area contributed by atoms with Gasteiger partial charge in [-0.15, -0.1) is 11.8 Å². The number of hydrogen-bond acceptors (Lipinski definition) is 4. The van der Waals surface area contributed by atoms with E-state index in [9.17, 15) is 15.0 Å². The SMILES string of the molecule is CSc1ccc(C(NC2CCC(O)CC2)C(=O)O)cc1. The maximum atomic E-state index is 11.5. The molecule has 1 aliphatic carbocycles. The normalized spacial score (nSPS) is 24.3. The summed E-state index contributed by atoms with van der Waals surface area (Å²) in [4.78, 5) is 12.6. The molecule has 1 aromatic carbocycles. The Balaban J connectivity index is 2.04. The molecule has 0 aliphatic heterocycles. The van der Waals surface area contributed by atoms with Crippen molar-refractivity contribution in [3.63, 3.8) is 0 Å². The largest absolute Gasteiger partial charge is 0.480 e. The van der Waals surface area contributed by atoms with Crippen molar-refractivity contribution in [3.8, 4) is 0 Å². The van der Waals surface area contributed by atoms with Crippen LogP contribution in [0.4, 0.5) is 0 Å². The number of aliphatic hydroxyl groups excluding tert-OH is 1. The zero-order chi connectivity index (χ0) is 14.5. The molecule has 1 saturated carbocycles. The van der Waals surface area contributed by atoms with Gasteiger partial charge < -0.3 is 10.2 Å². The van der Waals surface area contributed by atoms with Crippen molar-refractivity contribution in [2.24, 2.45) is 0 Å². The van der Waals surface area contributed by atoms with Crippen LogP contribution in [0.15, 0.2) is 29.2 Å². The molecule has 4 nitrogen and oxygen atoms in total. The highest BCUT2D eigenvalue weighted by molar-refractivity contribution is 7.98. The fourth-order valence-corrected chi connectivity index (χ4v) is 2.99. The summed E-state index contributed by atoms with van der Waals surface area (Å²) in [5, 5.41) is 22.1. The van der Waals surface area contributed by atoms with Crippen molar-refractivity contribution in [2.75, 3.05) is 6.26 Å². The van der Waals surface area contributed by atoms with Crippen LogP contribution in [0.5, 0.6) is 0 Å². The second-order valence-electron chi connectivity index (χ2n) is 5.22. The molecule has 0 bridgehead atoms. The molecule has 0 heterocycles. The summed E-state index contributed by atoms with van der Waals surface area (Å²) in [7, 11) is 0. The highest BCUT2D eigenvalue weighted by Crippen LogP contribution is 2.24. The van der Waals surface area contributed by atoms with Crippen LogP contribution in [0.3, 0.4) is 0 Å². The molecule has 1 unspecified atom stereocenters. The van der Waals surface area contributed by atoms with E-state index in [1.165, 1.54) is 0 Å². The van der Waals surface area contributed by atoms with Gasteiger partial charge in [-0.3, -0.25) is 10.1 Å². The van der Waals surface area contributed by atoms with E-state index in [0.717, 1.165) is 36.1 Å². The molecule has 0 radical (unpaired) electrons. The predicted octanol–water partition coefficient (Wildman–Crippen LogP) is 2.43. The van der Waals surface area contributed by atoms with E-state index in [2.05, 4.69) is 5.32 Å². The highest BCUT2D eigenvalue weighted by atomic mass is 32.2. The number of rotatable bonds is 5. The molecule has 20 heavy (non-hydrogen) atoms. The Bertz CT molecular complexity index is 441. The number of carboxylic acid groups (broad SMARTS) is 1. The van der Waals surface area contributed by atoms with E-state index in [1.807, 2.05) is 30.5 Å². The van der Waals surface area contributed by atoms with Crippen LogP contribution in [0.1, 0.15) is 37.3 Å². The molecular weight excluding hydrogens is 274 g/mol. The van der Waals surface area contributed by atoms with Crippen LogP contribution in [0, 0.1) is 0 Å². The number of aliphatic carboxylic acids is 1. The highest BCUT2D eigenvalue weighted by Gasteiger charge is 2.26. The lowest BCUT2D eigenvalue weighted by atomic mass is 9.92. The molecule has 1 aliphatic rings. The maximum absolute atomic E-state index is 11.5. The van der Waals surface area contributed by atoms with Gasteiger partial charge in [-0.05, 0) is 49.6 Å². The van der Waals surface area contributed by atoms with E-state index in [-0.39, 0.29) is 12.1 Å². The smallest absolute Gasteiger partial charge is 0.325 e. The summed E-state index contributed by atoms with van der Waals surface area (Å²) >= 11 is 1.64. The third kappa shape index (κ3) is 3.98. The molecule has 1 aromatic rings. The lowest BCUT2D eigenvalue weighted by Gasteiger charge is -2.29. The number of nitrogens with one attached hydrogen (secondary N) is 1. The van der Waals surface area contributed by atoms with Crippen LogP contribution in [-0.2, 0) is 4.79 Å². The molecule has 110 valence electrons. The van der Waals surface area contributed by atoms with Gasteiger partial charge in [0.15, 0.2) is 0 Å². The Kier molecular flexibility index (Phi) is 5.46. The van der Waals surface area contributed by atoms with Gasteiger partial charge in [-0.1, -0.05) is 12.1 Å². The van der Waals surface area contributed by atoms with E-state index in [0.29, 0.717) is 0 Å². The fraction of sp³-hybridized carbons (Fsp3) is 0.533. The number of thioether (sulfide) groups is 1. The van der Waals surface area contributed by atoms with Crippen LogP contribution < -0.4 is 5.32 Å². The molecule has 1 fully saturated rings. The average molecular weight is 295 g/mol. The van der Waals surface area contributed by atoms with Crippen molar-refractivity contribution in [1.82, 2.24) is 5.32 Å². The first kappa shape index (κ1) is 15.4. The first-order valence-corrected chi connectivity index (χ1v) is 8.13. The van der Waals surface area contributed by atoms with Gasteiger partial charge in [0, 0.05) is 10.9 Å². The number of hydrogen-bond donors (Lipinski definition) is 3. The molecule has 2 rings (SSSR count). The molecule has 0 spiro atoms. The number of aliphatic hydroxyl groups is 1. The lowest BCUT2D eigenvalue weighted by Crippen LogP contribution is -2.40. The molecule has 0 saturated heterocycles. The van der Waals surface area contributed by atoms with Crippen molar-refractivity contribution in [3.05, 3.63) is 29.8 Å². The summed E-state index contributed by atoms with van der Waals surface area (Å²) in [6.07, 6.45) is 4.92. The van der Waals surface area contributed by atoms with Gasteiger partial charge in [-0.2, -0.15) is 0 Å². The van der Waals surface area contributed by atoms with Gasteiger partial charge in [0.2, 0.25) is 0 Å². The van der Waals surface area contributed by atoms with E-state index in [4.69, 9.17) is 0 Å². The summed E-state index contributed by atoms with van der Waals surface area (Å²) in [5.41, 5.74) is 0.779. The van der Waals surface area contributed by atoms with E-state index in [1.54, 1.807) is 11.8 Å². The molecular formula is C15H21NO3S. The zero-order valence-corrected chi connectivity index (χ0v) is 12.4. The summed E-state index contributed by atoms with van der Waals surface area (Å²) < 4.78 is 0. The van der Waals surface area contributed by atoms with Crippen LogP contribution in [0.25, 0.3) is 0 Å². The topological polar surface area (TPSA) is 69.6 Å². The monoisotopic (exact) mass is 295 g/mol. The minimum atomic E-state index is -0.854. The number of carbonyl (C=O) groups is 1. The second kappa shape index (κ2) is 7.11. The van der Waals surface area contributed by atoms with Crippen molar-refractivity contribution < 1.29 is 15.0 Å². The van der Waals surface area contributed by atoms with E-state index >= 15 is 0 Å². The minimum Gasteiger partial charge on any atom is -0.480 e. The molecule has 0 amide bonds. The van der Waals surface area contributed by atoms with Crippen LogP contribution >= 0.6 is 11.8 Å². The third-order valence-corrected chi connectivity index (χ3v) is 4.54. The molecule has 0 aromatic heterocycles. The average Bonchev–Trinajstić information content (AvgIpc) is 2.46. The zero-order valence-electron chi connectivity index (χ0n) is 11.6. The van der Waals surface area contributed by atoms with Gasteiger partial charge in [0.25, 0.3) is 0 Å². The Morgan fingerprint density at radius 2 is 1.85 bits per heavy atom. The first-order valence-electron chi connectivity index (χ1n) is 6.91. The third-order valence-electron chi connectivity index (χ3n) is 3.80. The number of carboxylic acids is 1. The summed E-state index contributed by atoms with van der Waals surface area (Å²) in [6, 6.07) is 7.13. The van der Waals surface area contributed by atoms with E-state index < -0.39 is 12.0 Å². The summed E-state index contributed by atoms with van der Waals surface area (Å²) in [6.45, 7) is 0. The Labute approximate surface area is 123 Å². The lowest BCUT2D eigenvalue weighted by molar-refractivity contribution is -0.140. The van der Waals surface area contributed by atoms with Gasteiger partial charge in [-0.25, -0.2) is 0 Å². The van der Waals surface area contributed by atoms with Gasteiger partial charge >= 0.3 is 5.97 Å². The van der Waals surface area contributed by atoms with Crippen LogP contribution in [0.2, 0.25) is 0 Å². The van der Waals surface area contributed by atoms with Gasteiger partial charge in [0.05, 0.1) is 6.10 Å². The Morgan fingerprint density at radius 1 is 1.25 bits per heavy atom. The molecule has 5 heteroatoms. The molecule has 1 atom stereocenters. The van der Waals surface area contributed by atoms with Crippen LogP contribution in [-0.4, -0.2) is 34.6 Å². The van der Waals surface area contributed by atoms with Crippen molar-refractivity contribution in [1.29, 1.82) is 0 Å². The Hall–Kier alpha value is -1.04. The summed E-state index contributed by atoms with van der Waals surface area (Å²) in [5.74, 6) is -0.854. The van der Waals surface area contributed by atoms with Crippen molar-refractivity contribution >= 4 is 17.7 Å². The fourth-order valence-electron chi connectivity index (χ4n) is 2.58. The standard InChI is InChI=1S/C15H21NO3S/c1-20-13-8-2-10(3-9-13)14(15(18)19)16-11-4-6-12(17)7-5-11/h2-3,8-9,11-12,14,16-17H,4-7H2,1H3,(H,18,19). The number of benzene rings is 1. The maximum Gasteiger partial charge on any atom is 0.325 e. The minimum absolute atomic E-state index is 0.166. The Morgan fingerprint density at radius 3 is 2.35 bits per heavy atom. The van der Waals surface area contributed by atoms with Crippen molar-refractivity contribution in [2.45, 2.75) is 48.8 Å². The quantitative estimate of drug-likeness (QED) is 0.728. The first-order chi connectivity index (χ1) is 9.60. The van der Waals surface area contributed by atoms with Gasteiger partial charge in [0.1, 0.15) is 6.04 Å². The molecule has 3 N–H and O–H groups in total. The predicted molar refractivity (Wildman–Crippen MR) is 80.0 cm³/mol.